The van der Waals surface area contributed by atoms with Crippen molar-refractivity contribution in [2.45, 2.75) is 6.92 Å². The highest BCUT2D eigenvalue weighted by atomic mass is 19.1. The zero-order chi connectivity index (χ0) is 25.4. The molecule has 0 aliphatic heterocycles. The Morgan fingerprint density at radius 3 is 2.37 bits per heavy atom. The maximum atomic E-state index is 13.3. The van der Waals surface area contributed by atoms with Crippen molar-refractivity contribution < 1.29 is 14.0 Å². The van der Waals surface area contributed by atoms with Crippen LogP contribution >= 0.6 is 0 Å². The summed E-state index contributed by atoms with van der Waals surface area (Å²) in [7, 11) is 3.43. The molecule has 0 saturated heterocycles. The van der Waals surface area contributed by atoms with Crippen LogP contribution in [0.25, 0.3) is 11.1 Å². The summed E-state index contributed by atoms with van der Waals surface area (Å²) in [5, 5.41) is 5.68. The maximum absolute atomic E-state index is 13.3. The average Bonchev–Trinajstić information content (AvgIpc) is 2.84. The number of benzene rings is 2. The molecule has 2 N–H and O–H groups in total. The SMILES string of the molecule is C=C(/C=N\C=C(/C)NC(=O)c1cccc(F)c1)Nc1ccc(-c2ccc(C(=O)N(C)C)cc2)cn1. The standard InChI is InChI=1S/C27H26FN5O2/c1-18(15-29-16-19(2)32-26(34)22-6-5-7-24(28)14-22)31-25-13-12-23(17-30-25)20-8-10-21(11-9-20)27(35)33(3)4/h5-17H,1H2,2-4H3,(H,30,31)(H,32,34)/b19-16+,29-15-. The van der Waals surface area contributed by atoms with Crippen LogP contribution in [0.3, 0.4) is 0 Å². The minimum Gasteiger partial charge on any atom is -0.345 e. The summed E-state index contributed by atoms with van der Waals surface area (Å²) in [6.07, 6.45) is 4.68. The van der Waals surface area contributed by atoms with Crippen LogP contribution in [-0.2, 0) is 0 Å². The highest BCUT2D eigenvalue weighted by Gasteiger charge is 2.08. The van der Waals surface area contributed by atoms with E-state index in [-0.39, 0.29) is 11.5 Å². The Bertz CT molecular complexity index is 1280. The second-order valence-electron chi connectivity index (χ2n) is 7.91. The number of pyridine rings is 1. The molecular weight excluding hydrogens is 445 g/mol. The fourth-order valence-electron chi connectivity index (χ4n) is 3.05. The number of hydrogen-bond acceptors (Lipinski definition) is 5. The van der Waals surface area contributed by atoms with E-state index in [1.165, 1.54) is 35.5 Å². The van der Waals surface area contributed by atoms with Gasteiger partial charge in [-0.2, -0.15) is 0 Å². The molecule has 1 heterocycles. The Labute approximate surface area is 203 Å². The van der Waals surface area contributed by atoms with Gasteiger partial charge in [0.15, 0.2) is 0 Å². The fourth-order valence-corrected chi connectivity index (χ4v) is 3.05. The van der Waals surface area contributed by atoms with E-state index in [4.69, 9.17) is 0 Å². The van der Waals surface area contributed by atoms with Crippen LogP contribution in [0, 0.1) is 5.82 Å². The van der Waals surface area contributed by atoms with Crippen molar-refractivity contribution in [3.63, 3.8) is 0 Å². The molecule has 2 aromatic carbocycles. The summed E-state index contributed by atoms with van der Waals surface area (Å²) >= 11 is 0. The van der Waals surface area contributed by atoms with E-state index in [0.29, 0.717) is 22.8 Å². The lowest BCUT2D eigenvalue weighted by Crippen LogP contribution is -2.21. The molecule has 1 aromatic heterocycles. The van der Waals surface area contributed by atoms with Crippen molar-refractivity contribution in [1.82, 2.24) is 15.2 Å². The van der Waals surface area contributed by atoms with Gasteiger partial charge >= 0.3 is 0 Å². The Kier molecular flexibility index (Phi) is 8.24. The lowest BCUT2D eigenvalue weighted by atomic mass is 10.1. The molecule has 3 aromatic rings. The van der Waals surface area contributed by atoms with Gasteiger partial charge < -0.3 is 15.5 Å². The molecule has 0 atom stereocenters. The lowest BCUT2D eigenvalue weighted by Gasteiger charge is -2.11. The predicted octanol–water partition coefficient (Wildman–Crippen LogP) is 4.88. The van der Waals surface area contributed by atoms with E-state index in [0.717, 1.165) is 17.2 Å². The fraction of sp³-hybridized carbons (Fsp3) is 0.111. The number of halogens is 1. The zero-order valence-corrected chi connectivity index (χ0v) is 19.7. The van der Waals surface area contributed by atoms with E-state index < -0.39 is 11.7 Å². The van der Waals surface area contributed by atoms with Gasteiger partial charge in [-0.25, -0.2) is 9.37 Å². The van der Waals surface area contributed by atoms with Gasteiger partial charge in [0.2, 0.25) is 0 Å². The number of nitrogens with zero attached hydrogens (tertiary/aromatic N) is 3. The summed E-state index contributed by atoms with van der Waals surface area (Å²) in [6.45, 7) is 5.57. The number of aromatic nitrogens is 1. The van der Waals surface area contributed by atoms with Gasteiger partial charge in [-0.3, -0.25) is 14.6 Å². The van der Waals surface area contributed by atoms with Gasteiger partial charge in [0.25, 0.3) is 11.8 Å². The van der Waals surface area contributed by atoms with Crippen LogP contribution in [0.4, 0.5) is 10.2 Å². The van der Waals surface area contributed by atoms with Gasteiger partial charge in [0, 0.05) is 55.1 Å². The van der Waals surface area contributed by atoms with E-state index in [2.05, 4.69) is 27.2 Å². The third-order valence-corrected chi connectivity index (χ3v) is 4.82. The Morgan fingerprint density at radius 1 is 1.03 bits per heavy atom. The van der Waals surface area contributed by atoms with Crippen LogP contribution < -0.4 is 10.6 Å². The number of rotatable bonds is 8. The number of carbonyl (C=O) groups is 2. The monoisotopic (exact) mass is 471 g/mol. The molecular formula is C27H26FN5O2. The molecule has 0 saturated carbocycles. The minimum atomic E-state index is -0.476. The smallest absolute Gasteiger partial charge is 0.255 e. The molecule has 0 spiro atoms. The summed E-state index contributed by atoms with van der Waals surface area (Å²) < 4.78 is 13.3. The molecule has 0 unspecified atom stereocenters. The Hall–Kier alpha value is -4.59. The van der Waals surface area contributed by atoms with Crippen LogP contribution in [0.1, 0.15) is 27.6 Å². The maximum Gasteiger partial charge on any atom is 0.255 e. The van der Waals surface area contributed by atoms with Crippen molar-refractivity contribution >= 4 is 23.8 Å². The van der Waals surface area contributed by atoms with Crippen molar-refractivity contribution in [3.8, 4) is 11.1 Å². The lowest BCUT2D eigenvalue weighted by molar-refractivity contribution is 0.0827. The largest absolute Gasteiger partial charge is 0.345 e. The highest BCUT2D eigenvalue weighted by Crippen LogP contribution is 2.21. The molecule has 0 aliphatic carbocycles. The molecule has 0 fully saturated rings. The second kappa shape index (κ2) is 11.5. The van der Waals surface area contributed by atoms with Crippen molar-refractivity contribution in [1.29, 1.82) is 0 Å². The third-order valence-electron chi connectivity index (χ3n) is 4.82. The van der Waals surface area contributed by atoms with Crippen LogP contribution in [0.5, 0.6) is 0 Å². The van der Waals surface area contributed by atoms with Crippen molar-refractivity contribution in [2.24, 2.45) is 4.99 Å². The van der Waals surface area contributed by atoms with E-state index in [1.807, 2.05) is 24.3 Å². The first-order valence-electron chi connectivity index (χ1n) is 10.7. The van der Waals surface area contributed by atoms with Gasteiger partial charge in [-0.05, 0) is 55.0 Å². The zero-order valence-electron chi connectivity index (χ0n) is 19.7. The second-order valence-corrected chi connectivity index (χ2v) is 7.91. The van der Waals surface area contributed by atoms with Crippen molar-refractivity contribution in [3.05, 3.63) is 108 Å². The molecule has 8 heteroatoms. The number of allylic oxidation sites excluding steroid dienone is 2. The third kappa shape index (κ3) is 7.20. The normalized spacial score (nSPS) is 11.3. The molecule has 0 bridgehead atoms. The quantitative estimate of drug-likeness (QED) is 0.459. The molecule has 2 amide bonds. The Morgan fingerprint density at radius 2 is 1.74 bits per heavy atom. The average molecular weight is 472 g/mol. The molecule has 7 nitrogen and oxygen atoms in total. The highest BCUT2D eigenvalue weighted by molar-refractivity contribution is 5.95. The molecule has 35 heavy (non-hydrogen) atoms. The number of carbonyl (C=O) groups excluding carboxylic acids is 2. The Balaban J connectivity index is 1.54. The number of hydrogen-bond donors (Lipinski definition) is 2. The topological polar surface area (TPSA) is 86.7 Å². The molecule has 3 rings (SSSR count). The van der Waals surface area contributed by atoms with E-state index >= 15 is 0 Å². The van der Waals surface area contributed by atoms with Crippen LogP contribution in [0.15, 0.2) is 96.0 Å². The van der Waals surface area contributed by atoms with Crippen LogP contribution in [0.2, 0.25) is 0 Å². The first kappa shape index (κ1) is 25.0. The summed E-state index contributed by atoms with van der Waals surface area (Å²) in [6, 6.07) is 16.5. The number of amides is 2. The van der Waals surface area contributed by atoms with Crippen molar-refractivity contribution in [2.75, 3.05) is 19.4 Å². The first-order chi connectivity index (χ1) is 16.7. The van der Waals surface area contributed by atoms with E-state index in [1.54, 1.807) is 39.3 Å². The number of nitrogens with one attached hydrogen (secondary N) is 2. The number of aliphatic imine (C=N–C) groups is 1. The summed E-state index contributed by atoms with van der Waals surface area (Å²) in [5.41, 5.74) is 3.69. The summed E-state index contributed by atoms with van der Waals surface area (Å²) in [4.78, 5) is 34.2. The summed E-state index contributed by atoms with van der Waals surface area (Å²) in [5.74, 6) is -0.359. The van der Waals surface area contributed by atoms with Gasteiger partial charge in [-0.1, -0.05) is 24.8 Å². The van der Waals surface area contributed by atoms with Gasteiger partial charge in [0.05, 0.1) is 5.70 Å². The number of anilines is 1. The predicted molar refractivity (Wildman–Crippen MR) is 137 cm³/mol. The first-order valence-corrected chi connectivity index (χ1v) is 10.7. The van der Waals surface area contributed by atoms with Crippen LogP contribution in [-0.4, -0.2) is 42.0 Å². The van der Waals surface area contributed by atoms with E-state index in [9.17, 15) is 14.0 Å². The minimum absolute atomic E-state index is 0.0478. The van der Waals surface area contributed by atoms with Gasteiger partial charge in [-0.15, -0.1) is 0 Å². The van der Waals surface area contributed by atoms with Gasteiger partial charge in [0.1, 0.15) is 11.6 Å². The molecule has 178 valence electrons. The molecule has 0 aliphatic rings. The molecule has 0 radical (unpaired) electrons.